The van der Waals surface area contributed by atoms with Crippen molar-refractivity contribution in [3.8, 4) is 0 Å². The number of carbonyl (C=O) groups is 1. The highest BCUT2D eigenvalue weighted by Crippen LogP contribution is 2.40. The Labute approximate surface area is 223 Å². The smallest absolute Gasteiger partial charge is 0.345 e. The molecule has 1 aromatic heterocycles. The minimum absolute atomic E-state index is 0.0173. The fraction of sp³-hybridized carbons (Fsp3) is 0.310. The molecule has 0 saturated carbocycles. The third kappa shape index (κ3) is 6.16. The van der Waals surface area contributed by atoms with Crippen LogP contribution in [0.25, 0.3) is 0 Å². The van der Waals surface area contributed by atoms with Crippen molar-refractivity contribution in [2.24, 2.45) is 0 Å². The largest absolute Gasteiger partial charge is 0.480 e. The molecule has 1 aliphatic heterocycles. The van der Waals surface area contributed by atoms with E-state index in [-0.39, 0.29) is 10.6 Å². The minimum atomic E-state index is -3.90. The summed E-state index contributed by atoms with van der Waals surface area (Å²) in [5.74, 6) is -2.92. The number of nitrogens with one attached hydrogen (secondary N) is 1. The van der Waals surface area contributed by atoms with Crippen LogP contribution in [0, 0.1) is 0 Å². The zero-order chi connectivity index (χ0) is 27.2. The molecular weight excluding hydrogens is 504 g/mol. The van der Waals surface area contributed by atoms with E-state index in [0.29, 0.717) is 43.4 Å². The van der Waals surface area contributed by atoms with E-state index in [0.717, 1.165) is 5.56 Å². The van der Waals surface area contributed by atoms with Gasteiger partial charge in [-0.25, -0.2) is 9.78 Å². The molecule has 200 valence electrons. The van der Waals surface area contributed by atoms with E-state index in [1.54, 1.807) is 36.4 Å². The number of aromatic nitrogens is 1. The number of ether oxygens (including phenoxy) is 2. The maximum Gasteiger partial charge on any atom is 0.345 e. The highest BCUT2D eigenvalue weighted by molar-refractivity contribution is 7.92. The quantitative estimate of drug-likeness (QED) is 0.296. The van der Waals surface area contributed by atoms with Crippen LogP contribution in [0.1, 0.15) is 56.6 Å². The SMILES string of the molecule is CCCC1(CCc2ccccc2)OC(=O)C(C(CC)c2cccc(NS(=O)(=O)c3ccccn3)c2)=C(O)O1. The summed E-state index contributed by atoms with van der Waals surface area (Å²) in [6.07, 6.45) is 3.99. The molecule has 0 radical (unpaired) electrons. The van der Waals surface area contributed by atoms with Gasteiger partial charge in [0.25, 0.3) is 21.8 Å². The molecule has 1 aliphatic rings. The Bertz CT molecular complexity index is 1390. The summed E-state index contributed by atoms with van der Waals surface area (Å²) in [5, 5.41) is 10.9. The van der Waals surface area contributed by atoms with Crippen LogP contribution in [0.3, 0.4) is 0 Å². The molecule has 2 aromatic carbocycles. The number of aliphatic hydroxyl groups excluding tert-OH is 1. The second-order valence-electron chi connectivity index (χ2n) is 9.22. The van der Waals surface area contributed by atoms with Gasteiger partial charge in [0.15, 0.2) is 5.03 Å². The Hall–Kier alpha value is -3.85. The van der Waals surface area contributed by atoms with E-state index in [1.807, 2.05) is 44.2 Å². The highest BCUT2D eigenvalue weighted by Gasteiger charge is 2.45. The highest BCUT2D eigenvalue weighted by atomic mass is 32.2. The lowest BCUT2D eigenvalue weighted by Gasteiger charge is -2.38. The van der Waals surface area contributed by atoms with Crippen LogP contribution < -0.4 is 4.72 Å². The van der Waals surface area contributed by atoms with E-state index in [1.165, 1.54) is 12.3 Å². The van der Waals surface area contributed by atoms with Gasteiger partial charge < -0.3 is 14.6 Å². The average Bonchev–Trinajstić information content (AvgIpc) is 2.91. The van der Waals surface area contributed by atoms with Gasteiger partial charge in [-0.05, 0) is 54.7 Å². The molecule has 2 N–H and O–H groups in total. The molecule has 3 aromatic rings. The first-order valence-corrected chi connectivity index (χ1v) is 14.2. The Morgan fingerprint density at radius 1 is 0.974 bits per heavy atom. The van der Waals surface area contributed by atoms with Crippen LogP contribution in [0.4, 0.5) is 5.69 Å². The fourth-order valence-electron chi connectivity index (χ4n) is 4.68. The van der Waals surface area contributed by atoms with Gasteiger partial charge in [-0.2, -0.15) is 8.42 Å². The van der Waals surface area contributed by atoms with Crippen LogP contribution in [-0.4, -0.2) is 30.3 Å². The van der Waals surface area contributed by atoms with Gasteiger partial charge >= 0.3 is 5.97 Å². The van der Waals surface area contributed by atoms with E-state index in [4.69, 9.17) is 9.47 Å². The van der Waals surface area contributed by atoms with Crippen molar-refractivity contribution in [1.29, 1.82) is 0 Å². The lowest BCUT2D eigenvalue weighted by atomic mass is 9.88. The number of rotatable bonds is 11. The average molecular weight is 537 g/mol. The molecule has 0 saturated heterocycles. The summed E-state index contributed by atoms with van der Waals surface area (Å²) in [6, 6.07) is 21.1. The van der Waals surface area contributed by atoms with E-state index in [2.05, 4.69) is 9.71 Å². The number of cyclic esters (lactones) is 1. The van der Waals surface area contributed by atoms with Gasteiger partial charge in [0.1, 0.15) is 5.57 Å². The summed E-state index contributed by atoms with van der Waals surface area (Å²) in [7, 11) is -3.90. The van der Waals surface area contributed by atoms with Crippen molar-refractivity contribution in [3.63, 3.8) is 0 Å². The number of hydrogen-bond acceptors (Lipinski definition) is 7. The number of benzene rings is 2. The van der Waals surface area contributed by atoms with Crippen LogP contribution in [-0.2, 0) is 30.7 Å². The third-order valence-corrected chi connectivity index (χ3v) is 7.79. The Morgan fingerprint density at radius 2 is 1.74 bits per heavy atom. The lowest BCUT2D eigenvalue weighted by molar-refractivity contribution is -0.244. The van der Waals surface area contributed by atoms with Crippen molar-refractivity contribution in [2.75, 3.05) is 4.72 Å². The fourth-order valence-corrected chi connectivity index (χ4v) is 5.68. The van der Waals surface area contributed by atoms with E-state index in [9.17, 15) is 18.3 Å². The van der Waals surface area contributed by atoms with E-state index >= 15 is 0 Å². The molecule has 38 heavy (non-hydrogen) atoms. The normalized spacial score (nSPS) is 18.4. The maximum atomic E-state index is 13.3. The number of nitrogens with zero attached hydrogens (tertiary/aromatic N) is 1. The van der Waals surface area contributed by atoms with Gasteiger partial charge in [-0.15, -0.1) is 0 Å². The van der Waals surface area contributed by atoms with Gasteiger partial charge in [-0.3, -0.25) is 4.72 Å². The molecule has 0 spiro atoms. The molecule has 0 bridgehead atoms. The standard InChI is InChI=1S/C29H32N2O6S/c1-3-17-29(18-16-21-11-6-5-7-12-21)36-27(32)26(28(33)37-29)24(4-2)22-13-10-14-23(20-22)31-38(34,35)25-15-8-9-19-30-25/h5-15,19-20,24,31-32H,3-4,16-18H2,1-2H3. The first-order chi connectivity index (χ1) is 18.3. The van der Waals surface area contributed by atoms with Gasteiger partial charge in [-0.1, -0.05) is 62.4 Å². The predicted octanol–water partition coefficient (Wildman–Crippen LogP) is 5.85. The number of aliphatic hydroxyl groups is 1. The van der Waals surface area contributed by atoms with Crippen LogP contribution in [0.2, 0.25) is 0 Å². The summed E-state index contributed by atoms with van der Waals surface area (Å²) >= 11 is 0. The van der Waals surface area contributed by atoms with Crippen molar-refractivity contribution in [2.45, 2.75) is 62.7 Å². The van der Waals surface area contributed by atoms with Crippen LogP contribution in [0.15, 0.2) is 95.5 Å². The van der Waals surface area contributed by atoms with Crippen molar-refractivity contribution in [1.82, 2.24) is 4.98 Å². The molecule has 0 fully saturated rings. The van der Waals surface area contributed by atoms with Gasteiger partial charge in [0, 0.05) is 30.6 Å². The Morgan fingerprint density at radius 3 is 2.39 bits per heavy atom. The molecule has 9 heteroatoms. The first kappa shape index (κ1) is 27.2. The predicted molar refractivity (Wildman–Crippen MR) is 144 cm³/mol. The Balaban J connectivity index is 1.59. The zero-order valence-electron chi connectivity index (χ0n) is 21.5. The number of aryl methyl sites for hydroxylation is 1. The van der Waals surface area contributed by atoms with Crippen LogP contribution >= 0.6 is 0 Å². The number of hydrogen-bond donors (Lipinski definition) is 2. The summed E-state index contributed by atoms with van der Waals surface area (Å²) in [5.41, 5.74) is 2.03. The molecular formula is C29H32N2O6S. The van der Waals surface area contributed by atoms with Crippen molar-refractivity contribution >= 4 is 21.7 Å². The number of pyridine rings is 1. The molecule has 0 amide bonds. The molecule has 0 aliphatic carbocycles. The number of sulfonamides is 1. The number of esters is 1. The summed E-state index contributed by atoms with van der Waals surface area (Å²) in [6.45, 7) is 3.83. The Kier molecular flexibility index (Phi) is 8.36. The van der Waals surface area contributed by atoms with Crippen molar-refractivity contribution in [3.05, 3.63) is 102 Å². The lowest BCUT2D eigenvalue weighted by Crippen LogP contribution is -2.43. The first-order valence-electron chi connectivity index (χ1n) is 12.7. The van der Waals surface area contributed by atoms with Crippen molar-refractivity contribution < 1.29 is 27.8 Å². The molecule has 2 atom stereocenters. The van der Waals surface area contributed by atoms with Crippen LogP contribution in [0.5, 0.6) is 0 Å². The number of anilines is 1. The third-order valence-electron chi connectivity index (χ3n) is 6.49. The minimum Gasteiger partial charge on any atom is -0.480 e. The summed E-state index contributed by atoms with van der Waals surface area (Å²) in [4.78, 5) is 17.2. The zero-order valence-corrected chi connectivity index (χ0v) is 22.3. The molecule has 8 nitrogen and oxygen atoms in total. The maximum absolute atomic E-state index is 13.3. The second-order valence-corrected chi connectivity index (χ2v) is 10.8. The molecule has 2 heterocycles. The van der Waals surface area contributed by atoms with Gasteiger partial charge in [0.05, 0.1) is 0 Å². The topological polar surface area (TPSA) is 115 Å². The second kappa shape index (κ2) is 11.7. The summed E-state index contributed by atoms with van der Waals surface area (Å²) < 4.78 is 39.9. The molecule has 4 rings (SSSR count). The van der Waals surface area contributed by atoms with E-state index < -0.39 is 33.6 Å². The molecule has 2 unspecified atom stereocenters. The van der Waals surface area contributed by atoms with Gasteiger partial charge in [0.2, 0.25) is 0 Å². The number of carbonyl (C=O) groups excluding carboxylic acids is 1. The monoisotopic (exact) mass is 536 g/mol.